The van der Waals surface area contributed by atoms with Crippen molar-refractivity contribution in [2.75, 3.05) is 36.5 Å². The maximum atomic E-state index is 13.7. The number of hydrogen-bond acceptors (Lipinski definition) is 6. The molecule has 8 nitrogen and oxygen atoms in total. The fourth-order valence-corrected chi connectivity index (χ4v) is 6.39. The lowest BCUT2D eigenvalue weighted by Gasteiger charge is -2.37. The number of carbonyl (C=O) groups excluding carboxylic acids is 3. The molecule has 2 aromatic carbocycles. The lowest BCUT2D eigenvalue weighted by molar-refractivity contribution is -0.118. The molecule has 3 aliphatic rings. The number of amides is 2. The maximum absolute atomic E-state index is 13.7. The highest BCUT2D eigenvalue weighted by molar-refractivity contribution is 6.35. The summed E-state index contributed by atoms with van der Waals surface area (Å²) >= 11 is 12.9. The number of Topliss-reactive ketones (excluding diaryl/α,β-unsaturated/α-hetero) is 1. The van der Waals surface area contributed by atoms with Gasteiger partial charge in [0.1, 0.15) is 0 Å². The fraction of sp³-hybridized carbons (Fsp3) is 0.433. The Balaban J connectivity index is 1.60. The van der Waals surface area contributed by atoms with Crippen molar-refractivity contribution in [3.63, 3.8) is 0 Å². The molecule has 0 spiro atoms. The first-order valence-electron chi connectivity index (χ1n) is 13.5. The number of hydrogen-bond donors (Lipinski definition) is 2. The Morgan fingerprint density at radius 2 is 1.82 bits per heavy atom. The molecule has 2 unspecified atom stereocenters. The van der Waals surface area contributed by atoms with Crippen LogP contribution >= 0.6 is 23.2 Å². The van der Waals surface area contributed by atoms with Crippen LogP contribution in [0, 0.1) is 5.41 Å². The van der Waals surface area contributed by atoms with E-state index in [0.717, 1.165) is 18.8 Å². The molecule has 2 aromatic rings. The number of nitrogens with zero attached hydrogens (tertiary/aromatic N) is 2. The molecule has 2 heterocycles. The number of fused-ring (bicyclic) bond motifs is 1. The molecule has 2 N–H and O–H groups in total. The third kappa shape index (κ3) is 5.63. The smallest absolute Gasteiger partial charge is 0.252 e. The number of benzene rings is 2. The van der Waals surface area contributed by atoms with Crippen LogP contribution in [0.25, 0.3) is 0 Å². The molecule has 1 saturated heterocycles. The summed E-state index contributed by atoms with van der Waals surface area (Å²) in [6.45, 7) is 10.3. The van der Waals surface area contributed by atoms with Crippen LogP contribution in [-0.2, 0) is 14.3 Å². The zero-order valence-corrected chi connectivity index (χ0v) is 24.7. The van der Waals surface area contributed by atoms with E-state index in [1.165, 1.54) is 6.92 Å². The van der Waals surface area contributed by atoms with Gasteiger partial charge >= 0.3 is 0 Å². The standard InChI is InChI=1S/C30H34Cl2N4O4/c1-17(35-9-11-40-12-10-35)33-29(39)19-5-8-25-23(13-19)34-24-15-30(3,4)16-26(38)27(24)28(36(25)18(2)37)21-7-6-20(31)14-22(21)32/h5-8,13-14,17,28,34H,9-12,15-16H2,1-4H3,(H,33,39). The monoisotopic (exact) mass is 584 g/mol. The summed E-state index contributed by atoms with van der Waals surface area (Å²) in [7, 11) is 0. The van der Waals surface area contributed by atoms with Gasteiger partial charge in [-0.15, -0.1) is 0 Å². The molecule has 10 heteroatoms. The van der Waals surface area contributed by atoms with Crippen LogP contribution in [0.3, 0.4) is 0 Å². The van der Waals surface area contributed by atoms with Gasteiger partial charge in [-0.1, -0.05) is 43.1 Å². The first-order valence-corrected chi connectivity index (χ1v) is 14.3. The van der Waals surface area contributed by atoms with Gasteiger partial charge in [0.05, 0.1) is 36.8 Å². The Bertz CT molecular complexity index is 1400. The fourth-order valence-electron chi connectivity index (χ4n) is 5.88. The minimum absolute atomic E-state index is 0.0499. The first kappa shape index (κ1) is 28.6. The average Bonchev–Trinajstić information content (AvgIpc) is 3.02. The zero-order valence-electron chi connectivity index (χ0n) is 23.1. The van der Waals surface area contributed by atoms with Crippen molar-refractivity contribution < 1.29 is 19.1 Å². The van der Waals surface area contributed by atoms with E-state index in [1.54, 1.807) is 41.3 Å². The molecule has 2 atom stereocenters. The molecular formula is C30H34Cl2N4O4. The Morgan fingerprint density at radius 3 is 2.50 bits per heavy atom. The van der Waals surface area contributed by atoms with Crippen molar-refractivity contribution in [1.29, 1.82) is 0 Å². The van der Waals surface area contributed by atoms with E-state index in [1.807, 2.05) is 20.8 Å². The van der Waals surface area contributed by atoms with E-state index >= 15 is 0 Å². The number of anilines is 2. The molecule has 1 aliphatic carbocycles. The van der Waals surface area contributed by atoms with E-state index in [-0.39, 0.29) is 29.2 Å². The van der Waals surface area contributed by atoms with Crippen molar-refractivity contribution in [2.45, 2.75) is 52.7 Å². The molecule has 40 heavy (non-hydrogen) atoms. The number of morpholine rings is 1. The summed E-state index contributed by atoms with van der Waals surface area (Å²) in [6.07, 6.45) is 0.759. The molecule has 1 fully saturated rings. The highest BCUT2D eigenvalue weighted by Gasteiger charge is 2.43. The van der Waals surface area contributed by atoms with E-state index in [0.29, 0.717) is 64.2 Å². The number of carbonyl (C=O) groups is 3. The van der Waals surface area contributed by atoms with Crippen LogP contribution in [-0.4, -0.2) is 55.0 Å². The number of ether oxygens (including phenoxy) is 1. The molecule has 212 valence electrons. The second kappa shape index (κ2) is 11.2. The van der Waals surface area contributed by atoms with Crippen molar-refractivity contribution in [2.24, 2.45) is 5.41 Å². The first-order chi connectivity index (χ1) is 18.9. The van der Waals surface area contributed by atoms with Crippen LogP contribution in [0.1, 0.15) is 62.5 Å². The molecule has 2 aliphatic heterocycles. The van der Waals surface area contributed by atoms with Gasteiger partial charge in [0.2, 0.25) is 5.91 Å². The number of halogens is 2. The van der Waals surface area contributed by atoms with E-state index in [9.17, 15) is 14.4 Å². The predicted molar refractivity (Wildman–Crippen MR) is 157 cm³/mol. The van der Waals surface area contributed by atoms with Crippen molar-refractivity contribution >= 4 is 52.2 Å². The van der Waals surface area contributed by atoms with Gasteiger partial charge in [0, 0.05) is 53.3 Å². The second-order valence-electron chi connectivity index (χ2n) is 11.4. The third-order valence-electron chi connectivity index (χ3n) is 7.79. The quantitative estimate of drug-likeness (QED) is 0.488. The van der Waals surface area contributed by atoms with Gasteiger partial charge in [0.25, 0.3) is 5.91 Å². The third-order valence-corrected chi connectivity index (χ3v) is 8.35. The van der Waals surface area contributed by atoms with Gasteiger partial charge in [0.15, 0.2) is 5.78 Å². The van der Waals surface area contributed by atoms with Gasteiger partial charge in [-0.2, -0.15) is 0 Å². The van der Waals surface area contributed by atoms with Gasteiger partial charge < -0.3 is 15.4 Å². The largest absolute Gasteiger partial charge is 0.379 e. The maximum Gasteiger partial charge on any atom is 0.252 e. The molecule has 0 saturated carbocycles. The number of allylic oxidation sites excluding steroid dienone is 1. The Morgan fingerprint density at radius 1 is 1.10 bits per heavy atom. The summed E-state index contributed by atoms with van der Waals surface area (Å²) in [5.41, 5.74) is 3.13. The van der Waals surface area contributed by atoms with Crippen LogP contribution in [0.4, 0.5) is 11.4 Å². The van der Waals surface area contributed by atoms with Crippen LogP contribution < -0.4 is 15.5 Å². The molecule has 2 amide bonds. The Hall–Kier alpha value is -2.91. The average molecular weight is 586 g/mol. The lowest BCUT2D eigenvalue weighted by Crippen LogP contribution is -2.50. The summed E-state index contributed by atoms with van der Waals surface area (Å²) in [6, 6.07) is 9.54. The molecule has 5 rings (SSSR count). The molecule has 0 radical (unpaired) electrons. The van der Waals surface area contributed by atoms with Crippen molar-refractivity contribution in [1.82, 2.24) is 10.2 Å². The van der Waals surface area contributed by atoms with Crippen LogP contribution in [0.15, 0.2) is 47.7 Å². The van der Waals surface area contributed by atoms with E-state index in [2.05, 4.69) is 15.5 Å². The van der Waals surface area contributed by atoms with Crippen LogP contribution in [0.2, 0.25) is 10.0 Å². The lowest BCUT2D eigenvalue weighted by atomic mass is 9.73. The van der Waals surface area contributed by atoms with E-state index in [4.69, 9.17) is 27.9 Å². The Kier molecular flexibility index (Phi) is 7.99. The number of rotatable bonds is 4. The number of ketones is 1. The SMILES string of the molecule is CC(=O)N1c2ccc(C(=O)NC(C)N3CCOCC3)cc2NC2=C(C(=O)CC(C)(C)C2)C1c1ccc(Cl)cc1Cl. The highest BCUT2D eigenvalue weighted by atomic mass is 35.5. The van der Waals surface area contributed by atoms with Gasteiger partial charge in [-0.3, -0.25) is 24.2 Å². The number of nitrogens with one attached hydrogen (secondary N) is 2. The van der Waals surface area contributed by atoms with Crippen molar-refractivity contribution in [3.05, 3.63) is 68.8 Å². The molecule has 0 bridgehead atoms. The second-order valence-corrected chi connectivity index (χ2v) is 12.3. The Labute approximate surface area is 244 Å². The minimum atomic E-state index is -0.754. The van der Waals surface area contributed by atoms with Gasteiger partial charge in [-0.05, 0) is 54.7 Å². The summed E-state index contributed by atoms with van der Waals surface area (Å²) in [5.74, 6) is -0.538. The topological polar surface area (TPSA) is 91.0 Å². The van der Waals surface area contributed by atoms with Crippen molar-refractivity contribution in [3.8, 4) is 0 Å². The zero-order chi connectivity index (χ0) is 28.8. The summed E-state index contributed by atoms with van der Waals surface area (Å²) in [5, 5.41) is 7.36. The summed E-state index contributed by atoms with van der Waals surface area (Å²) in [4.78, 5) is 44.1. The molecular weight excluding hydrogens is 551 g/mol. The molecule has 0 aromatic heterocycles. The highest BCUT2D eigenvalue weighted by Crippen LogP contribution is 2.49. The van der Waals surface area contributed by atoms with Crippen LogP contribution in [0.5, 0.6) is 0 Å². The van der Waals surface area contributed by atoms with Gasteiger partial charge in [-0.25, -0.2) is 0 Å². The predicted octanol–water partition coefficient (Wildman–Crippen LogP) is 5.56. The normalized spacial score (nSPS) is 21.6. The summed E-state index contributed by atoms with van der Waals surface area (Å²) < 4.78 is 5.42. The van der Waals surface area contributed by atoms with E-state index < -0.39 is 6.04 Å². The minimum Gasteiger partial charge on any atom is -0.379 e.